The molecule has 0 N–H and O–H groups in total. The van der Waals surface area contributed by atoms with Crippen LogP contribution in [0.5, 0.6) is 0 Å². The number of hydrazone groups is 1. The van der Waals surface area contributed by atoms with E-state index in [0.717, 1.165) is 44.2 Å². The Morgan fingerprint density at radius 3 is 2.81 bits per heavy atom. The molecule has 0 amide bonds. The maximum Gasteiger partial charge on any atom is 0.150 e. The lowest BCUT2D eigenvalue weighted by atomic mass is 10.3. The lowest BCUT2D eigenvalue weighted by molar-refractivity contribution is 0.122. The highest BCUT2D eigenvalue weighted by Crippen LogP contribution is 2.09. The molecule has 0 atom stereocenters. The van der Waals surface area contributed by atoms with E-state index in [4.69, 9.17) is 4.52 Å². The van der Waals surface area contributed by atoms with Crippen LogP contribution in [0.25, 0.3) is 0 Å². The van der Waals surface area contributed by atoms with Gasteiger partial charge in [0.25, 0.3) is 0 Å². The minimum atomic E-state index is 0.850. The van der Waals surface area contributed by atoms with E-state index in [0.29, 0.717) is 0 Å². The van der Waals surface area contributed by atoms with Crippen LogP contribution in [0.15, 0.2) is 15.7 Å². The van der Waals surface area contributed by atoms with Gasteiger partial charge in [-0.3, -0.25) is 9.91 Å². The Hall–Kier alpha value is -0.630. The molecule has 0 aromatic carbocycles. The van der Waals surface area contributed by atoms with Crippen molar-refractivity contribution in [2.45, 2.75) is 13.5 Å². The molecule has 0 bridgehead atoms. The topological polar surface area (TPSA) is 44.9 Å². The summed E-state index contributed by atoms with van der Waals surface area (Å²) in [5, 5.41) is 10.2. The van der Waals surface area contributed by atoms with Crippen molar-refractivity contribution in [1.82, 2.24) is 15.1 Å². The molecule has 0 unspecified atom stereocenters. The Labute approximate surface area is 109 Å². The molecule has 2 rings (SSSR count). The average molecular weight is 334 g/mol. The summed E-state index contributed by atoms with van der Waals surface area (Å²) in [6.45, 7) is 6.80. The lowest BCUT2D eigenvalue weighted by Gasteiger charge is -2.32. The van der Waals surface area contributed by atoms with E-state index in [1.165, 1.54) is 0 Å². The van der Waals surface area contributed by atoms with Crippen molar-refractivity contribution < 1.29 is 4.52 Å². The van der Waals surface area contributed by atoms with Gasteiger partial charge in [-0.2, -0.15) is 5.10 Å². The number of hydrogen-bond donors (Lipinski definition) is 0. The SMILES string of the molecule is Cc1cc(CN2CCN(/N=C/I)CC2)on1. The van der Waals surface area contributed by atoms with Gasteiger partial charge in [-0.25, -0.2) is 0 Å². The largest absolute Gasteiger partial charge is 0.360 e. The fraction of sp³-hybridized carbons (Fsp3) is 0.600. The van der Waals surface area contributed by atoms with Crippen LogP contribution in [0, 0.1) is 6.92 Å². The third kappa shape index (κ3) is 3.18. The van der Waals surface area contributed by atoms with Gasteiger partial charge in [0, 0.05) is 32.2 Å². The van der Waals surface area contributed by atoms with Gasteiger partial charge in [-0.15, -0.1) is 0 Å². The summed E-state index contributed by atoms with van der Waals surface area (Å²) in [5.41, 5.74) is 0.947. The normalized spacial score (nSPS) is 18.5. The molecule has 2 heterocycles. The third-order valence-electron chi connectivity index (χ3n) is 2.61. The van der Waals surface area contributed by atoms with E-state index in [9.17, 15) is 0 Å². The second-order valence-electron chi connectivity index (χ2n) is 3.88. The third-order valence-corrected chi connectivity index (χ3v) is 2.86. The fourth-order valence-corrected chi connectivity index (χ4v) is 2.14. The zero-order valence-electron chi connectivity index (χ0n) is 9.27. The summed E-state index contributed by atoms with van der Waals surface area (Å²) < 4.78 is 7.02. The van der Waals surface area contributed by atoms with E-state index in [1.807, 2.05) is 17.2 Å². The van der Waals surface area contributed by atoms with Gasteiger partial charge in [-0.1, -0.05) is 5.16 Å². The molecule has 1 aromatic heterocycles. The van der Waals surface area contributed by atoms with Gasteiger partial charge in [-0.05, 0) is 29.5 Å². The van der Waals surface area contributed by atoms with Gasteiger partial charge < -0.3 is 4.52 Å². The Kier molecular flexibility index (Phi) is 4.16. The first-order valence-electron chi connectivity index (χ1n) is 5.30. The molecular formula is C10H15IN4O. The van der Waals surface area contributed by atoms with E-state index in [1.54, 1.807) is 0 Å². The van der Waals surface area contributed by atoms with E-state index < -0.39 is 0 Å². The summed E-state index contributed by atoms with van der Waals surface area (Å²) >= 11 is 2.15. The number of halogens is 1. The molecule has 0 saturated carbocycles. The highest BCUT2D eigenvalue weighted by atomic mass is 127. The minimum Gasteiger partial charge on any atom is -0.360 e. The quantitative estimate of drug-likeness (QED) is 0.621. The number of hydrogen-bond acceptors (Lipinski definition) is 5. The number of aromatic nitrogens is 1. The molecule has 0 radical (unpaired) electrons. The summed E-state index contributed by atoms with van der Waals surface area (Å²) in [5.74, 6) is 0.948. The predicted molar refractivity (Wildman–Crippen MR) is 70.6 cm³/mol. The number of piperazine rings is 1. The maximum atomic E-state index is 5.21. The van der Waals surface area contributed by atoms with Crippen LogP contribution in [0.4, 0.5) is 0 Å². The Morgan fingerprint density at radius 1 is 1.50 bits per heavy atom. The van der Waals surface area contributed by atoms with E-state index in [-0.39, 0.29) is 0 Å². The summed E-state index contributed by atoms with van der Waals surface area (Å²) in [7, 11) is 0. The molecule has 5 nitrogen and oxygen atoms in total. The Morgan fingerprint density at radius 2 is 2.25 bits per heavy atom. The van der Waals surface area contributed by atoms with Crippen molar-refractivity contribution in [1.29, 1.82) is 0 Å². The van der Waals surface area contributed by atoms with Crippen LogP contribution >= 0.6 is 22.6 Å². The predicted octanol–water partition coefficient (Wildman–Crippen LogP) is 1.48. The maximum absolute atomic E-state index is 5.21. The number of nitrogens with zero attached hydrogens (tertiary/aromatic N) is 4. The average Bonchev–Trinajstić information content (AvgIpc) is 2.67. The first-order valence-corrected chi connectivity index (χ1v) is 6.54. The molecule has 0 aliphatic carbocycles. The van der Waals surface area contributed by atoms with Gasteiger partial charge in [0.15, 0.2) is 5.76 Å². The van der Waals surface area contributed by atoms with Crippen molar-refractivity contribution in [2.75, 3.05) is 26.2 Å². The van der Waals surface area contributed by atoms with Crippen LogP contribution in [0.2, 0.25) is 0 Å². The molecule has 0 spiro atoms. The van der Waals surface area contributed by atoms with Gasteiger partial charge in [0.05, 0.1) is 16.5 Å². The van der Waals surface area contributed by atoms with Gasteiger partial charge >= 0.3 is 0 Å². The van der Waals surface area contributed by atoms with Crippen LogP contribution in [-0.2, 0) is 6.54 Å². The van der Waals surface area contributed by atoms with E-state index >= 15 is 0 Å². The molecule has 6 heteroatoms. The Bertz CT molecular complexity index is 357. The monoisotopic (exact) mass is 334 g/mol. The van der Waals surface area contributed by atoms with Crippen molar-refractivity contribution in [3.8, 4) is 0 Å². The summed E-state index contributed by atoms with van der Waals surface area (Å²) in [4.78, 5) is 2.36. The smallest absolute Gasteiger partial charge is 0.150 e. The molecule has 1 aromatic rings. The summed E-state index contributed by atoms with van der Waals surface area (Å²) in [6, 6.07) is 2.00. The molecule has 1 aliphatic heterocycles. The number of rotatable bonds is 3. The highest BCUT2D eigenvalue weighted by Gasteiger charge is 2.16. The molecule has 1 fully saturated rings. The minimum absolute atomic E-state index is 0.850. The van der Waals surface area contributed by atoms with Crippen molar-refractivity contribution in [3.63, 3.8) is 0 Å². The van der Waals surface area contributed by atoms with Crippen molar-refractivity contribution in [3.05, 3.63) is 17.5 Å². The van der Waals surface area contributed by atoms with Crippen LogP contribution < -0.4 is 0 Å². The summed E-state index contributed by atoms with van der Waals surface area (Å²) in [6.07, 6.45) is 0. The van der Waals surface area contributed by atoms with Gasteiger partial charge in [0.1, 0.15) is 0 Å². The van der Waals surface area contributed by atoms with Crippen molar-refractivity contribution in [2.24, 2.45) is 5.10 Å². The van der Waals surface area contributed by atoms with Crippen LogP contribution in [0.3, 0.4) is 0 Å². The molecule has 1 aliphatic rings. The van der Waals surface area contributed by atoms with Crippen LogP contribution in [-0.4, -0.2) is 45.5 Å². The first-order chi connectivity index (χ1) is 7.78. The fourth-order valence-electron chi connectivity index (χ4n) is 1.78. The first kappa shape index (κ1) is 11.8. The molecular weight excluding hydrogens is 319 g/mol. The number of aryl methyl sites for hydroxylation is 1. The highest BCUT2D eigenvalue weighted by molar-refractivity contribution is 14.1. The zero-order chi connectivity index (χ0) is 11.4. The van der Waals surface area contributed by atoms with Gasteiger partial charge in [0.2, 0.25) is 0 Å². The second kappa shape index (κ2) is 5.62. The molecule has 1 saturated heterocycles. The zero-order valence-corrected chi connectivity index (χ0v) is 11.4. The lowest BCUT2D eigenvalue weighted by Crippen LogP contribution is -2.43. The standard InChI is InChI=1S/C10H15IN4O/c1-9-6-10(16-13-9)7-14-2-4-15(5-3-14)12-8-11/h6,8H,2-5,7H2,1H3/b12-8+. The molecule has 16 heavy (non-hydrogen) atoms. The van der Waals surface area contributed by atoms with Crippen molar-refractivity contribution >= 4 is 26.8 Å². The second-order valence-corrected chi connectivity index (χ2v) is 4.43. The van der Waals surface area contributed by atoms with Crippen LogP contribution in [0.1, 0.15) is 11.5 Å². The van der Waals surface area contributed by atoms with E-state index in [2.05, 4.69) is 42.8 Å². The molecule has 88 valence electrons. The Balaban J connectivity index is 1.81.